The number of fused-ring (bicyclic) bond motifs is 4. The van der Waals surface area contributed by atoms with Crippen LogP contribution < -0.4 is 4.72 Å². The smallest absolute Gasteiger partial charge is 0.241 e. The Morgan fingerprint density at radius 3 is 2.74 bits per heavy atom. The molecule has 1 aliphatic carbocycles. The Morgan fingerprint density at radius 2 is 1.94 bits per heavy atom. The Balaban J connectivity index is 1.49. The second-order valence-corrected chi connectivity index (χ2v) is 9.88. The molecule has 0 aliphatic heterocycles. The van der Waals surface area contributed by atoms with Gasteiger partial charge in [-0.15, -0.1) is 0 Å². The second-order valence-electron chi connectivity index (χ2n) is 8.14. The lowest BCUT2D eigenvalue weighted by atomic mass is 9.94. The molecule has 2 aromatic carbocycles. The van der Waals surface area contributed by atoms with Crippen molar-refractivity contribution in [2.75, 3.05) is 0 Å². The fourth-order valence-electron chi connectivity index (χ4n) is 4.41. The zero-order chi connectivity index (χ0) is 21.8. The number of carbonyl (C=O) groups excluding carboxylic acids is 1. The summed E-state index contributed by atoms with van der Waals surface area (Å²) >= 11 is 0. The topological polar surface area (TPSA) is 108 Å². The Kier molecular flexibility index (Phi) is 4.71. The summed E-state index contributed by atoms with van der Waals surface area (Å²) in [6.45, 7) is 3.98. The number of sulfonamides is 1. The number of ketones is 1. The average Bonchev–Trinajstić information content (AvgIpc) is 3.32. The van der Waals surface area contributed by atoms with Crippen LogP contribution in [0.15, 0.2) is 35.2 Å². The van der Waals surface area contributed by atoms with Crippen molar-refractivity contribution in [3.05, 3.63) is 58.5 Å². The Labute approximate surface area is 180 Å². The largest absolute Gasteiger partial charge is 0.358 e. The van der Waals surface area contributed by atoms with Gasteiger partial charge in [-0.25, -0.2) is 18.1 Å². The molecule has 1 aliphatic rings. The van der Waals surface area contributed by atoms with E-state index in [0.29, 0.717) is 29.7 Å². The predicted octanol–water partition coefficient (Wildman–Crippen LogP) is 3.91. The molecule has 5 rings (SSSR count). The molecule has 0 fully saturated rings. The van der Waals surface area contributed by atoms with E-state index < -0.39 is 10.0 Å². The molecule has 0 amide bonds. The lowest BCUT2D eigenvalue weighted by Crippen LogP contribution is -2.25. The van der Waals surface area contributed by atoms with Crippen LogP contribution in [0.3, 0.4) is 0 Å². The van der Waals surface area contributed by atoms with E-state index in [1.807, 2.05) is 38.1 Å². The van der Waals surface area contributed by atoms with Crippen LogP contribution >= 0.6 is 0 Å². The first-order valence-corrected chi connectivity index (χ1v) is 12.0. The van der Waals surface area contributed by atoms with Gasteiger partial charge in [0.25, 0.3) is 0 Å². The van der Waals surface area contributed by atoms with Crippen LogP contribution in [0.25, 0.3) is 21.9 Å². The zero-order valence-corrected chi connectivity index (χ0v) is 18.3. The number of rotatable bonds is 5. The highest BCUT2D eigenvalue weighted by Gasteiger charge is 2.26. The number of nitrogens with one attached hydrogen (secondary N) is 3. The first-order chi connectivity index (χ1) is 14.9. The van der Waals surface area contributed by atoms with Crippen LogP contribution in [0.2, 0.25) is 0 Å². The van der Waals surface area contributed by atoms with Gasteiger partial charge in [0.1, 0.15) is 5.82 Å². The Morgan fingerprint density at radius 1 is 1.10 bits per heavy atom. The summed E-state index contributed by atoms with van der Waals surface area (Å²) in [6.07, 6.45) is 2.72. The molecular formula is C23H24N4O3S. The van der Waals surface area contributed by atoms with Crippen molar-refractivity contribution in [3.63, 3.8) is 0 Å². The molecule has 7 nitrogen and oxygen atoms in total. The minimum atomic E-state index is -3.77. The lowest BCUT2D eigenvalue weighted by Gasteiger charge is -2.12. The standard InChI is InChI=1S/C23H24N4O3S/c1-3-14-10-15-18(25-17-5-4-6-20(28)23(15)17)11-21(14)31(29,30)24-12-22-26-16-8-7-13(2)9-19(16)27-22/h7-11,24-25H,3-6,12H2,1-2H3,(H,26,27). The molecule has 160 valence electrons. The monoisotopic (exact) mass is 436 g/mol. The van der Waals surface area contributed by atoms with E-state index in [-0.39, 0.29) is 17.2 Å². The second kappa shape index (κ2) is 7.32. The van der Waals surface area contributed by atoms with Crippen LogP contribution in [0.5, 0.6) is 0 Å². The van der Waals surface area contributed by atoms with E-state index in [9.17, 15) is 13.2 Å². The summed E-state index contributed by atoms with van der Waals surface area (Å²) in [5.74, 6) is 0.688. The molecule has 0 unspecified atom stereocenters. The minimum absolute atomic E-state index is 0.0664. The van der Waals surface area contributed by atoms with E-state index in [2.05, 4.69) is 19.7 Å². The molecule has 0 bridgehead atoms. The number of aromatic nitrogens is 3. The maximum Gasteiger partial charge on any atom is 0.241 e. The average molecular weight is 437 g/mol. The number of hydrogen-bond acceptors (Lipinski definition) is 4. The summed E-state index contributed by atoms with van der Waals surface area (Å²) in [5.41, 5.74) is 5.82. The van der Waals surface area contributed by atoms with Crippen molar-refractivity contribution < 1.29 is 13.2 Å². The molecule has 4 aromatic rings. The number of carbonyl (C=O) groups is 1. The van der Waals surface area contributed by atoms with Crippen LogP contribution in [0, 0.1) is 6.92 Å². The number of hydrogen-bond donors (Lipinski definition) is 3. The fourth-order valence-corrected chi connectivity index (χ4v) is 5.71. The summed E-state index contributed by atoms with van der Waals surface area (Å²) in [6, 6.07) is 9.38. The van der Waals surface area contributed by atoms with E-state index >= 15 is 0 Å². The third kappa shape index (κ3) is 3.45. The van der Waals surface area contributed by atoms with Crippen molar-refractivity contribution in [1.82, 2.24) is 19.7 Å². The van der Waals surface area contributed by atoms with Gasteiger partial charge < -0.3 is 9.97 Å². The van der Waals surface area contributed by atoms with Gasteiger partial charge in [0.05, 0.1) is 22.5 Å². The number of nitrogens with zero attached hydrogens (tertiary/aromatic N) is 1. The number of aryl methyl sites for hydroxylation is 3. The number of aromatic amines is 2. The first-order valence-electron chi connectivity index (χ1n) is 10.5. The van der Waals surface area contributed by atoms with Crippen molar-refractivity contribution in [2.45, 2.75) is 51.0 Å². The summed E-state index contributed by atoms with van der Waals surface area (Å²) in [5, 5.41) is 0.822. The summed E-state index contributed by atoms with van der Waals surface area (Å²) < 4.78 is 29.0. The quantitative estimate of drug-likeness (QED) is 0.441. The molecule has 31 heavy (non-hydrogen) atoms. The van der Waals surface area contributed by atoms with E-state index in [0.717, 1.165) is 46.1 Å². The van der Waals surface area contributed by atoms with Gasteiger partial charge in [-0.2, -0.15) is 0 Å². The van der Waals surface area contributed by atoms with Gasteiger partial charge in [-0.05, 0) is 61.6 Å². The first kappa shape index (κ1) is 20.0. The lowest BCUT2D eigenvalue weighted by molar-refractivity contribution is 0.0974. The maximum atomic E-state index is 13.2. The number of imidazole rings is 1. The fraction of sp³-hybridized carbons (Fsp3) is 0.304. The Bertz CT molecular complexity index is 1450. The molecule has 0 radical (unpaired) electrons. The van der Waals surface area contributed by atoms with Gasteiger partial charge in [-0.1, -0.05) is 13.0 Å². The van der Waals surface area contributed by atoms with Gasteiger partial charge in [0, 0.05) is 28.6 Å². The molecule has 0 saturated carbocycles. The highest BCUT2D eigenvalue weighted by molar-refractivity contribution is 7.89. The molecule has 0 atom stereocenters. The van der Waals surface area contributed by atoms with Crippen molar-refractivity contribution >= 4 is 37.7 Å². The number of benzene rings is 2. The highest BCUT2D eigenvalue weighted by Crippen LogP contribution is 2.32. The molecule has 0 saturated heterocycles. The predicted molar refractivity (Wildman–Crippen MR) is 120 cm³/mol. The molecule has 2 aromatic heterocycles. The summed E-state index contributed by atoms with van der Waals surface area (Å²) in [7, 11) is -3.77. The van der Waals surface area contributed by atoms with Gasteiger partial charge in [0.15, 0.2) is 5.78 Å². The van der Waals surface area contributed by atoms with Crippen LogP contribution in [-0.4, -0.2) is 29.2 Å². The minimum Gasteiger partial charge on any atom is -0.358 e. The SMILES string of the molecule is CCc1cc2c3c([nH]c2cc1S(=O)(=O)NCc1nc2ccc(C)cc2[nH]1)CCCC3=O. The summed E-state index contributed by atoms with van der Waals surface area (Å²) in [4.78, 5) is 23.6. The maximum absolute atomic E-state index is 13.2. The Hall–Kier alpha value is -2.97. The number of Topliss-reactive ketones (excluding diaryl/α,β-unsaturated/α-hetero) is 1. The van der Waals surface area contributed by atoms with Crippen molar-refractivity contribution in [3.8, 4) is 0 Å². The van der Waals surface area contributed by atoms with Crippen molar-refractivity contribution in [2.24, 2.45) is 0 Å². The molecular weight excluding hydrogens is 412 g/mol. The van der Waals surface area contributed by atoms with E-state index in [1.54, 1.807) is 6.07 Å². The van der Waals surface area contributed by atoms with Gasteiger partial charge in [-0.3, -0.25) is 4.79 Å². The van der Waals surface area contributed by atoms with Crippen LogP contribution in [0.4, 0.5) is 0 Å². The molecule has 8 heteroatoms. The van der Waals surface area contributed by atoms with Crippen molar-refractivity contribution in [1.29, 1.82) is 0 Å². The van der Waals surface area contributed by atoms with Gasteiger partial charge in [0.2, 0.25) is 10.0 Å². The molecule has 0 spiro atoms. The normalized spacial score (nSPS) is 14.5. The van der Waals surface area contributed by atoms with Gasteiger partial charge >= 0.3 is 0 Å². The zero-order valence-electron chi connectivity index (χ0n) is 17.5. The number of H-pyrrole nitrogens is 2. The third-order valence-electron chi connectivity index (χ3n) is 5.95. The highest BCUT2D eigenvalue weighted by atomic mass is 32.2. The van der Waals surface area contributed by atoms with Crippen LogP contribution in [0.1, 0.15) is 52.8 Å². The van der Waals surface area contributed by atoms with E-state index in [4.69, 9.17) is 0 Å². The van der Waals surface area contributed by atoms with Crippen LogP contribution in [-0.2, 0) is 29.4 Å². The molecule has 2 heterocycles. The third-order valence-corrected chi connectivity index (χ3v) is 7.44. The van der Waals surface area contributed by atoms with E-state index in [1.165, 1.54) is 0 Å². The molecule has 3 N–H and O–H groups in total.